The Bertz CT molecular complexity index is 753. The van der Waals surface area contributed by atoms with E-state index in [4.69, 9.17) is 0 Å². The summed E-state index contributed by atoms with van der Waals surface area (Å²) in [5.41, 5.74) is -0.572. The standard InChI is InChI=1S/C19H20F3N3O/c20-19(21,22)16-7-3-2-6-15(16)18(26)24-13-14-8-9-17(23-12-14)25-10-4-1-5-11-25/h2-3,6-9,12H,1,4-5,10-11,13H2,(H,24,26). The van der Waals surface area contributed by atoms with Crippen molar-refractivity contribution in [2.24, 2.45) is 0 Å². The average molecular weight is 363 g/mol. The van der Waals surface area contributed by atoms with Gasteiger partial charge in [0.1, 0.15) is 5.82 Å². The number of nitrogens with one attached hydrogen (secondary N) is 1. The molecular weight excluding hydrogens is 343 g/mol. The third-order valence-electron chi connectivity index (χ3n) is 4.42. The van der Waals surface area contributed by atoms with Crippen molar-refractivity contribution in [3.8, 4) is 0 Å². The van der Waals surface area contributed by atoms with E-state index in [1.165, 1.54) is 24.6 Å². The first-order valence-electron chi connectivity index (χ1n) is 8.59. The summed E-state index contributed by atoms with van der Waals surface area (Å²) in [6.45, 7) is 2.09. The van der Waals surface area contributed by atoms with Gasteiger partial charge in [-0.25, -0.2) is 4.98 Å². The normalized spacial score (nSPS) is 15.0. The molecule has 2 heterocycles. The van der Waals surface area contributed by atoms with Crippen LogP contribution in [0.1, 0.15) is 40.7 Å². The lowest BCUT2D eigenvalue weighted by Gasteiger charge is -2.27. The van der Waals surface area contributed by atoms with Gasteiger partial charge in [0.15, 0.2) is 0 Å². The fourth-order valence-corrected chi connectivity index (χ4v) is 3.04. The molecule has 0 atom stereocenters. The minimum atomic E-state index is -4.56. The number of amides is 1. The largest absolute Gasteiger partial charge is 0.417 e. The highest BCUT2D eigenvalue weighted by atomic mass is 19.4. The Kier molecular flexibility index (Phi) is 5.44. The Morgan fingerprint density at radius 1 is 1.08 bits per heavy atom. The number of alkyl halides is 3. The summed E-state index contributed by atoms with van der Waals surface area (Å²) < 4.78 is 39.0. The molecule has 1 amide bonds. The molecule has 3 rings (SSSR count). The predicted octanol–water partition coefficient (Wildman–Crippen LogP) is 4.02. The van der Waals surface area contributed by atoms with Gasteiger partial charge in [-0.3, -0.25) is 4.79 Å². The monoisotopic (exact) mass is 363 g/mol. The van der Waals surface area contributed by atoms with Crippen molar-refractivity contribution in [3.63, 3.8) is 0 Å². The van der Waals surface area contributed by atoms with Crippen molar-refractivity contribution in [3.05, 3.63) is 59.3 Å². The van der Waals surface area contributed by atoms with Crippen LogP contribution in [0.5, 0.6) is 0 Å². The van der Waals surface area contributed by atoms with Crippen LogP contribution in [0.2, 0.25) is 0 Å². The molecule has 0 unspecified atom stereocenters. The Morgan fingerprint density at radius 2 is 1.81 bits per heavy atom. The summed E-state index contributed by atoms with van der Waals surface area (Å²) >= 11 is 0. The third-order valence-corrected chi connectivity index (χ3v) is 4.42. The fraction of sp³-hybridized carbons (Fsp3) is 0.368. The highest BCUT2D eigenvalue weighted by Crippen LogP contribution is 2.31. The SMILES string of the molecule is O=C(NCc1ccc(N2CCCCC2)nc1)c1ccccc1C(F)(F)F. The lowest BCUT2D eigenvalue weighted by atomic mass is 10.1. The maximum absolute atomic E-state index is 13.0. The van der Waals surface area contributed by atoms with Gasteiger partial charge in [0, 0.05) is 25.8 Å². The van der Waals surface area contributed by atoms with E-state index in [-0.39, 0.29) is 12.1 Å². The number of pyridine rings is 1. The lowest BCUT2D eigenvalue weighted by molar-refractivity contribution is -0.137. The number of carbonyl (C=O) groups is 1. The van der Waals surface area contributed by atoms with Crippen LogP contribution in [-0.4, -0.2) is 24.0 Å². The zero-order valence-corrected chi connectivity index (χ0v) is 14.2. The van der Waals surface area contributed by atoms with Crippen molar-refractivity contribution in [2.75, 3.05) is 18.0 Å². The van der Waals surface area contributed by atoms with Crippen LogP contribution in [0.3, 0.4) is 0 Å². The molecule has 1 N–H and O–H groups in total. The van der Waals surface area contributed by atoms with E-state index in [0.717, 1.165) is 43.4 Å². The molecule has 4 nitrogen and oxygen atoms in total. The van der Waals surface area contributed by atoms with Crippen molar-refractivity contribution < 1.29 is 18.0 Å². The molecule has 26 heavy (non-hydrogen) atoms. The number of benzene rings is 1. The highest BCUT2D eigenvalue weighted by molar-refractivity contribution is 5.95. The van der Waals surface area contributed by atoms with Crippen molar-refractivity contribution >= 4 is 11.7 Å². The number of nitrogens with zero attached hydrogens (tertiary/aromatic N) is 2. The van der Waals surface area contributed by atoms with E-state index in [0.29, 0.717) is 0 Å². The highest BCUT2D eigenvalue weighted by Gasteiger charge is 2.34. The van der Waals surface area contributed by atoms with Gasteiger partial charge >= 0.3 is 6.18 Å². The van der Waals surface area contributed by atoms with Crippen LogP contribution in [0.15, 0.2) is 42.6 Å². The summed E-state index contributed by atoms with van der Waals surface area (Å²) in [6.07, 6.45) is 0.627. The number of rotatable bonds is 4. The van der Waals surface area contributed by atoms with Crippen LogP contribution < -0.4 is 10.2 Å². The minimum absolute atomic E-state index is 0.123. The molecule has 0 saturated carbocycles. The molecule has 7 heteroatoms. The maximum Gasteiger partial charge on any atom is 0.417 e. The third kappa shape index (κ3) is 4.33. The summed E-state index contributed by atoms with van der Waals surface area (Å²) in [5, 5.41) is 2.53. The van der Waals surface area contributed by atoms with Gasteiger partial charge < -0.3 is 10.2 Å². The van der Waals surface area contributed by atoms with Crippen LogP contribution in [0.25, 0.3) is 0 Å². The van der Waals surface area contributed by atoms with Gasteiger partial charge in [0.2, 0.25) is 0 Å². The second-order valence-corrected chi connectivity index (χ2v) is 6.30. The maximum atomic E-state index is 13.0. The second-order valence-electron chi connectivity index (χ2n) is 6.30. The van der Waals surface area contributed by atoms with Crippen LogP contribution in [0, 0.1) is 0 Å². The second kappa shape index (κ2) is 7.76. The molecule has 2 aromatic rings. The lowest BCUT2D eigenvalue weighted by Crippen LogP contribution is -2.30. The first-order chi connectivity index (χ1) is 12.4. The number of hydrogen-bond donors (Lipinski definition) is 1. The van der Waals surface area contributed by atoms with E-state index < -0.39 is 17.6 Å². The molecule has 1 saturated heterocycles. The molecule has 1 aliphatic rings. The number of piperidine rings is 1. The number of carbonyl (C=O) groups excluding carboxylic acids is 1. The minimum Gasteiger partial charge on any atom is -0.357 e. The molecule has 0 aliphatic carbocycles. The molecule has 1 aromatic carbocycles. The van der Waals surface area contributed by atoms with E-state index in [9.17, 15) is 18.0 Å². The van der Waals surface area contributed by atoms with Gasteiger partial charge in [-0.05, 0) is 43.0 Å². The zero-order chi connectivity index (χ0) is 18.6. The number of aromatic nitrogens is 1. The molecule has 1 fully saturated rings. The Morgan fingerprint density at radius 3 is 2.46 bits per heavy atom. The van der Waals surface area contributed by atoms with Gasteiger partial charge in [-0.1, -0.05) is 18.2 Å². The van der Waals surface area contributed by atoms with Crippen molar-refractivity contribution in [1.82, 2.24) is 10.3 Å². The topological polar surface area (TPSA) is 45.2 Å². The first-order valence-corrected chi connectivity index (χ1v) is 8.59. The van der Waals surface area contributed by atoms with E-state index >= 15 is 0 Å². The molecule has 0 radical (unpaired) electrons. The van der Waals surface area contributed by atoms with Crippen LogP contribution >= 0.6 is 0 Å². The summed E-state index contributed by atoms with van der Waals surface area (Å²) in [4.78, 5) is 18.8. The van der Waals surface area contributed by atoms with Gasteiger partial charge in [-0.2, -0.15) is 13.2 Å². The predicted molar refractivity (Wildman–Crippen MR) is 92.9 cm³/mol. The van der Waals surface area contributed by atoms with Gasteiger partial charge in [-0.15, -0.1) is 0 Å². The summed E-state index contributed by atoms with van der Waals surface area (Å²) in [5.74, 6) is 0.139. The van der Waals surface area contributed by atoms with Crippen LogP contribution in [-0.2, 0) is 12.7 Å². The zero-order valence-electron chi connectivity index (χ0n) is 14.2. The smallest absolute Gasteiger partial charge is 0.357 e. The van der Waals surface area contributed by atoms with E-state index in [1.54, 1.807) is 6.20 Å². The van der Waals surface area contributed by atoms with Crippen molar-refractivity contribution in [1.29, 1.82) is 0 Å². The molecule has 0 spiro atoms. The molecular formula is C19H20F3N3O. The summed E-state index contributed by atoms with van der Waals surface area (Å²) in [7, 11) is 0. The Balaban J connectivity index is 1.63. The molecule has 1 aromatic heterocycles. The average Bonchev–Trinajstić information content (AvgIpc) is 2.66. The number of halogens is 3. The van der Waals surface area contributed by atoms with Gasteiger partial charge in [0.25, 0.3) is 5.91 Å². The first kappa shape index (κ1) is 18.2. The van der Waals surface area contributed by atoms with E-state index in [2.05, 4.69) is 15.2 Å². The quantitative estimate of drug-likeness (QED) is 0.892. The van der Waals surface area contributed by atoms with Crippen LogP contribution in [0.4, 0.5) is 19.0 Å². The molecule has 1 aliphatic heterocycles. The Labute approximate surface area is 150 Å². The Hall–Kier alpha value is -2.57. The molecule has 0 bridgehead atoms. The summed E-state index contributed by atoms with van der Waals surface area (Å²) in [6, 6.07) is 8.49. The van der Waals surface area contributed by atoms with Crippen molar-refractivity contribution in [2.45, 2.75) is 32.0 Å². The van der Waals surface area contributed by atoms with Gasteiger partial charge in [0.05, 0.1) is 11.1 Å². The van der Waals surface area contributed by atoms with E-state index in [1.807, 2.05) is 12.1 Å². The number of anilines is 1. The number of hydrogen-bond acceptors (Lipinski definition) is 3. The molecule has 138 valence electrons. The fourth-order valence-electron chi connectivity index (χ4n) is 3.04.